The van der Waals surface area contributed by atoms with Crippen molar-refractivity contribution in [3.8, 4) is 5.75 Å². The minimum Gasteiger partial charge on any atom is -0.404 e. The number of benzene rings is 3. The van der Waals surface area contributed by atoms with Gasteiger partial charge in [-0.2, -0.15) is 0 Å². The van der Waals surface area contributed by atoms with Gasteiger partial charge in [-0.05, 0) is 61.4 Å². The van der Waals surface area contributed by atoms with E-state index >= 15 is 0 Å². The predicted octanol–water partition coefficient (Wildman–Crippen LogP) is 5.26. The summed E-state index contributed by atoms with van der Waals surface area (Å²) in [4.78, 5) is 12.7. The molecule has 6 nitrogen and oxygen atoms in total. The lowest BCUT2D eigenvalue weighted by atomic mass is 10.2. The quantitative estimate of drug-likeness (QED) is 0.522. The van der Waals surface area contributed by atoms with Crippen molar-refractivity contribution in [2.75, 3.05) is 10.0 Å². The van der Waals surface area contributed by atoms with Gasteiger partial charge in [-0.1, -0.05) is 30.3 Å². The maximum Gasteiger partial charge on any atom is 0.573 e. The highest BCUT2D eigenvalue weighted by Crippen LogP contribution is 2.30. The molecule has 10 heteroatoms. The van der Waals surface area contributed by atoms with Crippen LogP contribution in [0.4, 0.5) is 24.5 Å². The van der Waals surface area contributed by atoms with E-state index in [1.807, 2.05) is 0 Å². The summed E-state index contributed by atoms with van der Waals surface area (Å²) in [6.45, 7) is 3.43. The van der Waals surface area contributed by atoms with E-state index < -0.39 is 28.0 Å². The molecule has 0 unspecified atom stereocenters. The highest BCUT2D eigenvalue weighted by atomic mass is 32.2. The van der Waals surface area contributed by atoms with E-state index in [2.05, 4.69) is 14.8 Å². The molecule has 0 spiro atoms. The molecular formula is C22H19F3N2O4S. The van der Waals surface area contributed by atoms with Crippen LogP contribution in [0.5, 0.6) is 5.75 Å². The van der Waals surface area contributed by atoms with Crippen LogP contribution in [0.15, 0.2) is 71.6 Å². The fraction of sp³-hybridized carbons (Fsp3) is 0.136. The van der Waals surface area contributed by atoms with Crippen molar-refractivity contribution in [2.24, 2.45) is 0 Å². The summed E-state index contributed by atoms with van der Waals surface area (Å²) >= 11 is 0. The Labute approximate surface area is 183 Å². The molecule has 0 aliphatic rings. The zero-order chi connectivity index (χ0) is 23.5. The average molecular weight is 464 g/mol. The number of hydrogen-bond acceptors (Lipinski definition) is 4. The first-order valence-corrected chi connectivity index (χ1v) is 10.8. The molecule has 0 heterocycles. The summed E-state index contributed by atoms with van der Waals surface area (Å²) in [6, 6.07) is 15.7. The zero-order valence-electron chi connectivity index (χ0n) is 17.0. The minimum atomic E-state index is -4.92. The third-order valence-corrected chi connectivity index (χ3v) is 5.89. The normalized spacial score (nSPS) is 11.7. The number of anilines is 2. The Bertz CT molecular complexity index is 1260. The molecule has 0 saturated carbocycles. The molecule has 0 saturated heterocycles. The number of amides is 1. The highest BCUT2D eigenvalue weighted by molar-refractivity contribution is 7.92. The summed E-state index contributed by atoms with van der Waals surface area (Å²) in [5.41, 5.74) is 1.30. The van der Waals surface area contributed by atoms with Crippen LogP contribution in [-0.4, -0.2) is 20.7 Å². The second-order valence-corrected chi connectivity index (χ2v) is 8.60. The summed E-state index contributed by atoms with van der Waals surface area (Å²) < 4.78 is 69.7. The second kappa shape index (κ2) is 8.91. The number of halogens is 3. The largest absolute Gasteiger partial charge is 0.573 e. The molecule has 168 valence electrons. The third kappa shape index (κ3) is 5.79. The monoisotopic (exact) mass is 464 g/mol. The molecule has 1 amide bonds. The van der Waals surface area contributed by atoms with Gasteiger partial charge >= 0.3 is 6.36 Å². The third-order valence-electron chi connectivity index (χ3n) is 4.37. The summed E-state index contributed by atoms with van der Waals surface area (Å²) in [5, 5.41) is 2.35. The molecule has 0 aliphatic heterocycles. The number of rotatable bonds is 6. The van der Waals surface area contributed by atoms with Gasteiger partial charge in [0.25, 0.3) is 15.9 Å². The van der Waals surface area contributed by atoms with Gasteiger partial charge < -0.3 is 10.1 Å². The molecule has 0 radical (unpaired) electrons. The van der Waals surface area contributed by atoms with Crippen LogP contribution >= 0.6 is 0 Å². The van der Waals surface area contributed by atoms with Crippen molar-refractivity contribution < 1.29 is 31.1 Å². The molecule has 0 fully saturated rings. The number of aryl methyl sites for hydroxylation is 2. The topological polar surface area (TPSA) is 84.5 Å². The fourth-order valence-electron chi connectivity index (χ4n) is 2.91. The highest BCUT2D eigenvalue weighted by Gasteiger charge is 2.32. The Morgan fingerprint density at radius 1 is 0.938 bits per heavy atom. The van der Waals surface area contributed by atoms with E-state index in [0.29, 0.717) is 5.56 Å². The van der Waals surface area contributed by atoms with E-state index in [-0.39, 0.29) is 21.8 Å². The molecule has 0 aliphatic carbocycles. The molecular weight excluding hydrogens is 445 g/mol. The lowest BCUT2D eigenvalue weighted by molar-refractivity contribution is -0.274. The average Bonchev–Trinajstić information content (AvgIpc) is 2.70. The van der Waals surface area contributed by atoms with Crippen LogP contribution < -0.4 is 14.8 Å². The Hall–Kier alpha value is -3.53. The Kier molecular flexibility index (Phi) is 6.45. The van der Waals surface area contributed by atoms with Crippen molar-refractivity contribution in [3.05, 3.63) is 83.4 Å². The minimum absolute atomic E-state index is 0.0352. The van der Waals surface area contributed by atoms with Crippen molar-refractivity contribution in [3.63, 3.8) is 0 Å². The molecule has 3 aromatic rings. The van der Waals surface area contributed by atoms with Crippen LogP contribution in [0.2, 0.25) is 0 Å². The number of ether oxygens (including phenoxy) is 1. The van der Waals surface area contributed by atoms with E-state index in [4.69, 9.17) is 0 Å². The SMILES string of the molecule is Cc1ccc(C)c(S(=O)(=O)Nc2cccc(C(=O)Nc3ccccc3OC(F)(F)F)c2)c1. The van der Waals surface area contributed by atoms with Gasteiger partial charge in [-0.3, -0.25) is 9.52 Å². The lowest BCUT2D eigenvalue weighted by Gasteiger charge is -2.14. The van der Waals surface area contributed by atoms with Crippen LogP contribution in [0.3, 0.4) is 0 Å². The smallest absolute Gasteiger partial charge is 0.404 e. The first-order valence-electron chi connectivity index (χ1n) is 9.31. The molecule has 0 aromatic heterocycles. The summed E-state index contributed by atoms with van der Waals surface area (Å²) in [6.07, 6.45) is -4.92. The molecule has 0 atom stereocenters. The maximum atomic E-state index is 12.8. The van der Waals surface area contributed by atoms with Crippen LogP contribution in [-0.2, 0) is 10.0 Å². The summed E-state index contributed by atoms with van der Waals surface area (Å²) in [7, 11) is -3.92. The Balaban J connectivity index is 1.83. The van der Waals surface area contributed by atoms with Crippen LogP contribution in [0.25, 0.3) is 0 Å². The Morgan fingerprint density at radius 2 is 1.66 bits per heavy atom. The fourth-order valence-corrected chi connectivity index (χ4v) is 4.29. The van der Waals surface area contributed by atoms with E-state index in [1.54, 1.807) is 26.0 Å². The van der Waals surface area contributed by atoms with Gasteiger partial charge in [0.2, 0.25) is 0 Å². The van der Waals surface area contributed by atoms with Crippen molar-refractivity contribution in [1.29, 1.82) is 0 Å². The first kappa shape index (κ1) is 23.1. The van der Waals surface area contributed by atoms with Gasteiger partial charge in [0, 0.05) is 11.3 Å². The van der Waals surface area contributed by atoms with Crippen LogP contribution in [0.1, 0.15) is 21.5 Å². The maximum absolute atomic E-state index is 12.8. The Morgan fingerprint density at radius 3 is 2.38 bits per heavy atom. The summed E-state index contributed by atoms with van der Waals surface area (Å²) in [5.74, 6) is -1.31. The second-order valence-electron chi connectivity index (χ2n) is 6.95. The number of para-hydroxylation sites is 2. The first-order chi connectivity index (χ1) is 14.9. The number of nitrogens with one attached hydrogen (secondary N) is 2. The van der Waals surface area contributed by atoms with Crippen molar-refractivity contribution in [2.45, 2.75) is 25.1 Å². The zero-order valence-corrected chi connectivity index (χ0v) is 17.8. The van der Waals surface area contributed by atoms with Crippen molar-refractivity contribution >= 4 is 27.3 Å². The molecule has 32 heavy (non-hydrogen) atoms. The number of hydrogen-bond donors (Lipinski definition) is 2. The molecule has 2 N–H and O–H groups in total. The van der Waals surface area contributed by atoms with Gasteiger partial charge in [0.1, 0.15) is 0 Å². The van der Waals surface area contributed by atoms with Gasteiger partial charge in [-0.25, -0.2) is 8.42 Å². The molecule has 3 aromatic carbocycles. The number of carbonyl (C=O) groups is 1. The van der Waals surface area contributed by atoms with Gasteiger partial charge in [-0.15, -0.1) is 13.2 Å². The predicted molar refractivity (Wildman–Crippen MR) is 114 cm³/mol. The van der Waals surface area contributed by atoms with Crippen LogP contribution in [0, 0.1) is 13.8 Å². The van der Waals surface area contributed by atoms with Gasteiger partial charge in [0.05, 0.1) is 10.6 Å². The molecule has 0 bridgehead atoms. The van der Waals surface area contributed by atoms with E-state index in [0.717, 1.165) is 11.6 Å². The van der Waals surface area contributed by atoms with E-state index in [9.17, 15) is 26.4 Å². The number of carbonyl (C=O) groups excluding carboxylic acids is 1. The lowest BCUT2D eigenvalue weighted by Crippen LogP contribution is -2.19. The number of sulfonamides is 1. The van der Waals surface area contributed by atoms with Gasteiger partial charge in [0.15, 0.2) is 5.75 Å². The molecule has 3 rings (SSSR count). The van der Waals surface area contributed by atoms with Crippen molar-refractivity contribution in [1.82, 2.24) is 0 Å². The van der Waals surface area contributed by atoms with E-state index in [1.165, 1.54) is 48.5 Å². The number of alkyl halides is 3. The standard InChI is InChI=1S/C22H19F3N2O4S/c1-14-10-11-15(2)20(12-14)32(29,30)27-17-7-5-6-16(13-17)21(28)26-18-8-3-4-9-19(18)31-22(23,24)25/h3-13,27H,1-2H3,(H,26,28).